The van der Waals surface area contributed by atoms with Gasteiger partial charge >= 0.3 is 0 Å². The average Bonchev–Trinajstić information content (AvgIpc) is 3.27. The minimum absolute atomic E-state index is 0.134. The van der Waals surface area contributed by atoms with Crippen molar-refractivity contribution >= 4 is 11.6 Å². The zero-order valence-corrected chi connectivity index (χ0v) is 15.6. The van der Waals surface area contributed by atoms with Crippen LogP contribution in [0.2, 0.25) is 0 Å². The molecule has 1 fully saturated rings. The highest BCUT2D eigenvalue weighted by molar-refractivity contribution is 6.05. The number of hydrogen-bond donors (Lipinski definition) is 1. The quantitative estimate of drug-likeness (QED) is 0.649. The van der Waals surface area contributed by atoms with Gasteiger partial charge in [0, 0.05) is 12.2 Å². The van der Waals surface area contributed by atoms with Crippen molar-refractivity contribution in [2.24, 2.45) is 0 Å². The maximum Gasteiger partial charge on any atom is 0.255 e. The van der Waals surface area contributed by atoms with Gasteiger partial charge < -0.3 is 14.8 Å². The molecule has 0 saturated carbocycles. The highest BCUT2D eigenvalue weighted by atomic mass is 16.5. The van der Waals surface area contributed by atoms with E-state index in [9.17, 15) is 4.79 Å². The molecule has 0 unspecified atom stereocenters. The fraction of sp³-hybridized carbons (Fsp3) is 0.208. The number of ether oxygens (including phenoxy) is 2. The number of benzene rings is 3. The zero-order chi connectivity index (χ0) is 19.2. The van der Waals surface area contributed by atoms with Crippen molar-refractivity contribution in [3.05, 3.63) is 84.4 Å². The third kappa shape index (κ3) is 4.41. The summed E-state index contributed by atoms with van der Waals surface area (Å²) in [5, 5.41) is 2.96. The van der Waals surface area contributed by atoms with Crippen LogP contribution in [0.4, 0.5) is 5.69 Å². The summed E-state index contributed by atoms with van der Waals surface area (Å²) < 4.78 is 11.5. The Morgan fingerprint density at radius 1 is 0.929 bits per heavy atom. The molecular weight excluding hydrogens is 350 g/mol. The molecule has 1 aliphatic heterocycles. The summed E-state index contributed by atoms with van der Waals surface area (Å²) in [6.45, 7) is 1.30. The van der Waals surface area contributed by atoms with Crippen molar-refractivity contribution in [2.75, 3.05) is 18.5 Å². The lowest BCUT2D eigenvalue weighted by atomic mass is 10.0. The largest absolute Gasteiger partial charge is 0.489 e. The predicted octanol–water partition coefficient (Wildman–Crippen LogP) is 5.16. The molecule has 0 aromatic heterocycles. The molecular formula is C24H23NO3. The van der Waals surface area contributed by atoms with E-state index in [1.54, 1.807) is 0 Å². The van der Waals surface area contributed by atoms with E-state index in [0.717, 1.165) is 30.6 Å². The molecule has 0 radical (unpaired) electrons. The first-order valence-electron chi connectivity index (χ1n) is 9.60. The number of rotatable bonds is 6. The molecule has 4 rings (SSSR count). The number of carbonyl (C=O) groups is 1. The molecule has 4 nitrogen and oxygen atoms in total. The first kappa shape index (κ1) is 18.3. The van der Waals surface area contributed by atoms with Crippen molar-refractivity contribution in [3.8, 4) is 16.9 Å². The van der Waals surface area contributed by atoms with Crippen LogP contribution in [0.3, 0.4) is 0 Å². The van der Waals surface area contributed by atoms with Crippen LogP contribution in [-0.4, -0.2) is 25.2 Å². The van der Waals surface area contributed by atoms with E-state index < -0.39 is 0 Å². The molecule has 1 N–H and O–H groups in total. The SMILES string of the molecule is O=C(Nc1ccccc1OC[C@@H]1CCCO1)c1ccc(-c2ccccc2)cc1. The summed E-state index contributed by atoms with van der Waals surface area (Å²) in [6, 6.07) is 25.2. The molecule has 0 bridgehead atoms. The fourth-order valence-electron chi connectivity index (χ4n) is 3.29. The topological polar surface area (TPSA) is 47.6 Å². The van der Waals surface area contributed by atoms with E-state index in [1.807, 2.05) is 66.7 Å². The van der Waals surface area contributed by atoms with E-state index in [2.05, 4.69) is 17.4 Å². The molecule has 28 heavy (non-hydrogen) atoms. The van der Waals surface area contributed by atoms with E-state index in [-0.39, 0.29) is 12.0 Å². The molecule has 1 aliphatic rings. The number of para-hydroxylation sites is 2. The van der Waals surface area contributed by atoms with Gasteiger partial charge in [-0.1, -0.05) is 54.6 Å². The molecule has 0 spiro atoms. The van der Waals surface area contributed by atoms with Crippen LogP contribution in [0.1, 0.15) is 23.2 Å². The first-order valence-corrected chi connectivity index (χ1v) is 9.60. The van der Waals surface area contributed by atoms with Gasteiger partial charge in [-0.3, -0.25) is 4.79 Å². The molecule has 1 amide bonds. The summed E-state index contributed by atoms with van der Waals surface area (Å²) in [7, 11) is 0. The lowest BCUT2D eigenvalue weighted by Crippen LogP contribution is -2.18. The van der Waals surface area contributed by atoms with E-state index >= 15 is 0 Å². The molecule has 4 heteroatoms. The third-order valence-electron chi connectivity index (χ3n) is 4.84. The van der Waals surface area contributed by atoms with Gasteiger partial charge in [-0.25, -0.2) is 0 Å². The highest BCUT2D eigenvalue weighted by Crippen LogP contribution is 2.26. The van der Waals surface area contributed by atoms with E-state index in [1.165, 1.54) is 0 Å². The van der Waals surface area contributed by atoms with Crippen LogP contribution in [-0.2, 0) is 4.74 Å². The monoisotopic (exact) mass is 373 g/mol. The Balaban J connectivity index is 1.43. The predicted molar refractivity (Wildman–Crippen MR) is 111 cm³/mol. The summed E-state index contributed by atoms with van der Waals surface area (Å²) in [6.07, 6.45) is 2.22. The van der Waals surface area contributed by atoms with E-state index in [0.29, 0.717) is 23.6 Å². The van der Waals surface area contributed by atoms with Gasteiger partial charge in [-0.15, -0.1) is 0 Å². The highest BCUT2D eigenvalue weighted by Gasteiger charge is 2.17. The van der Waals surface area contributed by atoms with Crippen molar-refractivity contribution in [3.63, 3.8) is 0 Å². The van der Waals surface area contributed by atoms with Gasteiger partial charge in [-0.05, 0) is 48.2 Å². The number of carbonyl (C=O) groups excluding carboxylic acids is 1. The third-order valence-corrected chi connectivity index (χ3v) is 4.84. The number of anilines is 1. The first-order chi connectivity index (χ1) is 13.8. The summed E-state index contributed by atoms with van der Waals surface area (Å²) >= 11 is 0. The van der Waals surface area contributed by atoms with Gasteiger partial charge in [0.05, 0.1) is 11.8 Å². The fourth-order valence-corrected chi connectivity index (χ4v) is 3.29. The number of hydrogen-bond acceptors (Lipinski definition) is 3. The number of nitrogens with one attached hydrogen (secondary N) is 1. The molecule has 1 atom stereocenters. The molecule has 1 heterocycles. The van der Waals surface area contributed by atoms with Crippen LogP contribution in [0.25, 0.3) is 11.1 Å². The van der Waals surface area contributed by atoms with Gasteiger partial charge in [-0.2, -0.15) is 0 Å². The molecule has 1 saturated heterocycles. The second kappa shape index (κ2) is 8.72. The maximum atomic E-state index is 12.7. The van der Waals surface area contributed by atoms with Gasteiger partial charge in [0.1, 0.15) is 12.4 Å². The minimum atomic E-state index is -0.159. The Morgan fingerprint density at radius 2 is 1.64 bits per heavy atom. The Kier molecular flexibility index (Phi) is 5.69. The molecule has 142 valence electrons. The average molecular weight is 373 g/mol. The van der Waals surface area contributed by atoms with Crippen LogP contribution < -0.4 is 10.1 Å². The second-order valence-electron chi connectivity index (χ2n) is 6.84. The summed E-state index contributed by atoms with van der Waals surface area (Å²) in [4.78, 5) is 12.7. The van der Waals surface area contributed by atoms with E-state index in [4.69, 9.17) is 9.47 Å². The lowest BCUT2D eigenvalue weighted by Gasteiger charge is -2.15. The zero-order valence-electron chi connectivity index (χ0n) is 15.6. The normalized spacial score (nSPS) is 15.9. The smallest absolute Gasteiger partial charge is 0.255 e. The number of amides is 1. The molecule has 3 aromatic carbocycles. The van der Waals surface area contributed by atoms with Crippen LogP contribution in [0, 0.1) is 0 Å². The van der Waals surface area contributed by atoms with Crippen LogP contribution in [0.5, 0.6) is 5.75 Å². The Bertz CT molecular complexity index is 916. The Hall–Kier alpha value is -3.11. The minimum Gasteiger partial charge on any atom is -0.489 e. The maximum absolute atomic E-state index is 12.7. The molecule has 0 aliphatic carbocycles. The second-order valence-corrected chi connectivity index (χ2v) is 6.84. The van der Waals surface area contributed by atoms with Crippen molar-refractivity contribution < 1.29 is 14.3 Å². The Labute approximate surface area is 165 Å². The van der Waals surface area contributed by atoms with Gasteiger partial charge in [0.15, 0.2) is 0 Å². The molecule has 3 aromatic rings. The van der Waals surface area contributed by atoms with Crippen LogP contribution >= 0.6 is 0 Å². The van der Waals surface area contributed by atoms with Crippen LogP contribution in [0.15, 0.2) is 78.9 Å². The van der Waals surface area contributed by atoms with Gasteiger partial charge in [0.25, 0.3) is 5.91 Å². The van der Waals surface area contributed by atoms with Crippen molar-refractivity contribution in [2.45, 2.75) is 18.9 Å². The lowest BCUT2D eigenvalue weighted by molar-refractivity contribution is 0.0682. The van der Waals surface area contributed by atoms with Gasteiger partial charge in [0.2, 0.25) is 0 Å². The summed E-state index contributed by atoms with van der Waals surface area (Å²) in [5.74, 6) is 0.500. The standard InChI is InChI=1S/C24H23NO3/c26-24(20-14-12-19(13-15-20)18-7-2-1-3-8-18)25-22-10-4-5-11-23(22)28-17-21-9-6-16-27-21/h1-5,7-8,10-15,21H,6,9,16-17H2,(H,25,26)/t21-/m0/s1. The Morgan fingerprint density at radius 3 is 2.39 bits per heavy atom. The van der Waals surface area contributed by atoms with Crippen molar-refractivity contribution in [1.82, 2.24) is 0 Å². The summed E-state index contributed by atoms with van der Waals surface area (Å²) in [5.41, 5.74) is 3.48. The van der Waals surface area contributed by atoms with Crippen molar-refractivity contribution in [1.29, 1.82) is 0 Å².